The van der Waals surface area contributed by atoms with Crippen molar-refractivity contribution in [3.8, 4) is 11.5 Å². The first-order valence-electron chi connectivity index (χ1n) is 8.46. The van der Waals surface area contributed by atoms with Crippen molar-refractivity contribution in [3.05, 3.63) is 53.6 Å². The number of carbonyl (C=O) groups is 1. The maximum Gasteiger partial charge on any atom is 0.319 e. The fourth-order valence-electron chi connectivity index (χ4n) is 2.83. The Morgan fingerprint density at radius 1 is 1.08 bits per heavy atom. The lowest BCUT2D eigenvalue weighted by Gasteiger charge is -2.23. The molecular weight excluding hydrogens is 316 g/mol. The Balaban J connectivity index is 1.54. The Labute approximate surface area is 148 Å². The van der Waals surface area contributed by atoms with Crippen LogP contribution < -0.4 is 20.1 Å². The largest absolute Gasteiger partial charge is 0.454 e. The van der Waals surface area contributed by atoms with Crippen LogP contribution in [-0.4, -0.2) is 19.4 Å². The van der Waals surface area contributed by atoms with Gasteiger partial charge < -0.3 is 20.1 Å². The van der Waals surface area contributed by atoms with E-state index in [1.54, 1.807) is 0 Å². The number of hydrogen-bond acceptors (Lipinski definition) is 3. The molecule has 0 fully saturated rings. The van der Waals surface area contributed by atoms with E-state index in [-0.39, 0.29) is 18.2 Å². The molecule has 132 valence electrons. The second-order valence-corrected chi connectivity index (χ2v) is 7.11. The Morgan fingerprint density at radius 3 is 2.64 bits per heavy atom. The first-order chi connectivity index (χ1) is 11.9. The smallest absolute Gasteiger partial charge is 0.319 e. The summed E-state index contributed by atoms with van der Waals surface area (Å²) in [5.74, 6) is 1.54. The van der Waals surface area contributed by atoms with Crippen LogP contribution in [0.4, 0.5) is 10.5 Å². The molecule has 2 aromatic carbocycles. The minimum Gasteiger partial charge on any atom is -0.454 e. The standard InChI is InChI=1S/C20H24N2O3/c1-20(2,3)15-6-4-5-7-16(15)22-19(23)21-11-10-14-8-9-17-18(12-14)25-13-24-17/h4-9,12H,10-11,13H2,1-3H3,(H2,21,22,23). The molecule has 2 N–H and O–H groups in total. The zero-order chi connectivity index (χ0) is 17.9. The van der Waals surface area contributed by atoms with Gasteiger partial charge in [-0.1, -0.05) is 45.0 Å². The number of carbonyl (C=O) groups excluding carboxylic acids is 1. The molecule has 5 nitrogen and oxygen atoms in total. The fourth-order valence-corrected chi connectivity index (χ4v) is 2.83. The summed E-state index contributed by atoms with van der Waals surface area (Å²) in [5.41, 5.74) is 3.02. The van der Waals surface area contributed by atoms with Gasteiger partial charge in [-0.2, -0.15) is 0 Å². The zero-order valence-electron chi connectivity index (χ0n) is 14.9. The number of anilines is 1. The fraction of sp³-hybridized carbons (Fsp3) is 0.350. The minimum absolute atomic E-state index is 0.0314. The van der Waals surface area contributed by atoms with Crippen LogP contribution in [0.3, 0.4) is 0 Å². The molecule has 0 saturated heterocycles. The molecule has 1 aliphatic heterocycles. The van der Waals surface area contributed by atoms with Gasteiger partial charge in [0.05, 0.1) is 0 Å². The van der Waals surface area contributed by atoms with Crippen LogP contribution in [-0.2, 0) is 11.8 Å². The Morgan fingerprint density at radius 2 is 1.84 bits per heavy atom. The van der Waals surface area contributed by atoms with E-state index in [0.29, 0.717) is 6.54 Å². The summed E-state index contributed by atoms with van der Waals surface area (Å²) in [4.78, 5) is 12.2. The molecule has 1 heterocycles. The lowest BCUT2D eigenvalue weighted by molar-refractivity contribution is 0.174. The van der Waals surface area contributed by atoms with Gasteiger partial charge in [-0.05, 0) is 41.2 Å². The number of benzene rings is 2. The highest BCUT2D eigenvalue weighted by Crippen LogP contribution is 2.32. The van der Waals surface area contributed by atoms with Gasteiger partial charge in [0.15, 0.2) is 11.5 Å². The Hall–Kier alpha value is -2.69. The van der Waals surface area contributed by atoms with Crippen molar-refractivity contribution < 1.29 is 14.3 Å². The van der Waals surface area contributed by atoms with Gasteiger partial charge in [-0.15, -0.1) is 0 Å². The normalized spacial score (nSPS) is 12.8. The molecule has 0 unspecified atom stereocenters. The highest BCUT2D eigenvalue weighted by atomic mass is 16.7. The third-order valence-corrected chi connectivity index (χ3v) is 4.12. The van der Waals surface area contributed by atoms with E-state index in [9.17, 15) is 4.79 Å². The van der Waals surface area contributed by atoms with Crippen molar-refractivity contribution in [2.75, 3.05) is 18.7 Å². The van der Waals surface area contributed by atoms with Gasteiger partial charge in [0.1, 0.15) is 0 Å². The summed E-state index contributed by atoms with van der Waals surface area (Å²) < 4.78 is 10.7. The third-order valence-electron chi connectivity index (χ3n) is 4.12. The first kappa shape index (κ1) is 17.1. The summed E-state index contributed by atoms with van der Waals surface area (Å²) in [7, 11) is 0. The number of urea groups is 1. The Kier molecular flexibility index (Phi) is 4.83. The van der Waals surface area contributed by atoms with Crippen LogP contribution >= 0.6 is 0 Å². The van der Waals surface area contributed by atoms with E-state index in [0.717, 1.165) is 34.7 Å². The van der Waals surface area contributed by atoms with E-state index >= 15 is 0 Å². The van der Waals surface area contributed by atoms with Crippen LogP contribution in [0.1, 0.15) is 31.9 Å². The van der Waals surface area contributed by atoms with Crippen molar-refractivity contribution in [1.82, 2.24) is 5.32 Å². The Bertz CT molecular complexity index is 766. The van der Waals surface area contributed by atoms with Crippen molar-refractivity contribution in [2.45, 2.75) is 32.6 Å². The van der Waals surface area contributed by atoms with E-state index < -0.39 is 0 Å². The number of rotatable bonds is 4. The lowest BCUT2D eigenvalue weighted by atomic mass is 9.86. The first-order valence-corrected chi connectivity index (χ1v) is 8.46. The predicted molar refractivity (Wildman–Crippen MR) is 98.4 cm³/mol. The lowest BCUT2D eigenvalue weighted by Crippen LogP contribution is -2.31. The van der Waals surface area contributed by atoms with Gasteiger partial charge in [0.2, 0.25) is 6.79 Å². The van der Waals surface area contributed by atoms with Gasteiger partial charge in [0, 0.05) is 12.2 Å². The predicted octanol–water partition coefficient (Wildman–Crippen LogP) is 4.08. The van der Waals surface area contributed by atoms with Crippen LogP contribution in [0, 0.1) is 0 Å². The molecule has 0 bridgehead atoms. The number of hydrogen-bond donors (Lipinski definition) is 2. The summed E-state index contributed by atoms with van der Waals surface area (Å²) in [6.45, 7) is 7.21. The molecule has 0 atom stereocenters. The van der Waals surface area contributed by atoms with Crippen molar-refractivity contribution in [3.63, 3.8) is 0 Å². The molecule has 0 radical (unpaired) electrons. The second kappa shape index (κ2) is 7.05. The molecular formula is C20H24N2O3. The maximum atomic E-state index is 12.2. The third kappa shape index (κ3) is 4.24. The molecule has 3 rings (SSSR count). The maximum absolute atomic E-state index is 12.2. The van der Waals surface area contributed by atoms with Crippen LogP contribution in [0.15, 0.2) is 42.5 Å². The monoisotopic (exact) mass is 340 g/mol. The number of fused-ring (bicyclic) bond motifs is 1. The summed E-state index contributed by atoms with van der Waals surface area (Å²) >= 11 is 0. The average Bonchev–Trinajstić information content (AvgIpc) is 3.02. The molecule has 25 heavy (non-hydrogen) atoms. The number of nitrogens with one attached hydrogen (secondary N) is 2. The van der Waals surface area contributed by atoms with Crippen LogP contribution in [0.25, 0.3) is 0 Å². The van der Waals surface area contributed by atoms with Crippen molar-refractivity contribution in [1.29, 1.82) is 0 Å². The van der Waals surface area contributed by atoms with E-state index in [4.69, 9.17) is 9.47 Å². The number of ether oxygens (including phenoxy) is 2. The van der Waals surface area contributed by atoms with E-state index in [2.05, 4.69) is 31.4 Å². The average molecular weight is 340 g/mol. The molecule has 5 heteroatoms. The molecule has 1 aliphatic rings. The summed E-state index contributed by atoms with van der Waals surface area (Å²) in [6.07, 6.45) is 0.727. The molecule has 2 aromatic rings. The molecule has 2 amide bonds. The van der Waals surface area contributed by atoms with E-state index in [1.165, 1.54) is 0 Å². The summed E-state index contributed by atoms with van der Waals surface area (Å²) in [6, 6.07) is 13.5. The quantitative estimate of drug-likeness (QED) is 0.882. The van der Waals surface area contributed by atoms with Gasteiger partial charge in [-0.3, -0.25) is 0 Å². The van der Waals surface area contributed by atoms with Crippen molar-refractivity contribution >= 4 is 11.7 Å². The van der Waals surface area contributed by atoms with Crippen molar-refractivity contribution in [2.24, 2.45) is 0 Å². The van der Waals surface area contributed by atoms with Gasteiger partial charge in [0.25, 0.3) is 0 Å². The minimum atomic E-state index is -0.197. The highest BCUT2D eigenvalue weighted by molar-refractivity contribution is 5.90. The number of para-hydroxylation sites is 1. The highest BCUT2D eigenvalue weighted by Gasteiger charge is 2.18. The molecule has 0 aliphatic carbocycles. The zero-order valence-corrected chi connectivity index (χ0v) is 14.9. The van der Waals surface area contributed by atoms with E-state index in [1.807, 2.05) is 42.5 Å². The molecule has 0 spiro atoms. The van der Waals surface area contributed by atoms with Crippen LogP contribution in [0.5, 0.6) is 11.5 Å². The number of amides is 2. The second-order valence-electron chi connectivity index (χ2n) is 7.11. The molecule has 0 aromatic heterocycles. The molecule has 0 saturated carbocycles. The van der Waals surface area contributed by atoms with Gasteiger partial charge in [-0.25, -0.2) is 4.79 Å². The topological polar surface area (TPSA) is 59.6 Å². The summed E-state index contributed by atoms with van der Waals surface area (Å²) in [5, 5.41) is 5.85. The SMILES string of the molecule is CC(C)(C)c1ccccc1NC(=O)NCCc1ccc2c(c1)OCO2. The van der Waals surface area contributed by atoms with Gasteiger partial charge >= 0.3 is 6.03 Å². The van der Waals surface area contributed by atoms with Crippen LogP contribution in [0.2, 0.25) is 0 Å².